The van der Waals surface area contributed by atoms with Crippen LogP contribution in [0.5, 0.6) is 0 Å². The van der Waals surface area contributed by atoms with E-state index < -0.39 is 35.5 Å². The maximum Gasteiger partial charge on any atom is 0.312 e. The van der Waals surface area contributed by atoms with Crippen molar-refractivity contribution in [2.24, 2.45) is 5.92 Å². The van der Waals surface area contributed by atoms with Gasteiger partial charge >= 0.3 is 5.97 Å². The van der Waals surface area contributed by atoms with E-state index in [2.05, 4.69) is 5.32 Å². The number of halogens is 2. The third kappa shape index (κ3) is 4.48. The fourth-order valence-electron chi connectivity index (χ4n) is 3.27. The maximum absolute atomic E-state index is 13.3. The number of nitrogens with zero attached hydrogens (tertiary/aromatic N) is 1. The number of nitrogens with one attached hydrogen (secondary N) is 1. The molecular formula is C22H22F2N2O4. The Morgan fingerprint density at radius 3 is 2.60 bits per heavy atom. The number of carbonyl (C=O) groups is 3. The first kappa shape index (κ1) is 21.4. The fourth-order valence-corrected chi connectivity index (χ4v) is 3.27. The molecule has 0 spiro atoms. The van der Waals surface area contributed by atoms with Crippen LogP contribution < -0.4 is 10.2 Å². The van der Waals surface area contributed by atoms with Gasteiger partial charge in [-0.15, -0.1) is 0 Å². The second kappa shape index (κ2) is 8.61. The summed E-state index contributed by atoms with van der Waals surface area (Å²) in [6, 6.07) is 8.53. The van der Waals surface area contributed by atoms with Crippen molar-refractivity contribution in [3.63, 3.8) is 0 Å². The molecule has 158 valence electrons. The van der Waals surface area contributed by atoms with Gasteiger partial charge in [0.25, 0.3) is 5.91 Å². The van der Waals surface area contributed by atoms with Crippen LogP contribution in [0.4, 0.5) is 20.2 Å². The molecule has 0 bridgehead atoms. The van der Waals surface area contributed by atoms with E-state index >= 15 is 0 Å². The second-order valence-corrected chi connectivity index (χ2v) is 7.32. The molecule has 1 heterocycles. The Hall–Kier alpha value is -3.29. The van der Waals surface area contributed by atoms with E-state index in [0.717, 1.165) is 28.9 Å². The van der Waals surface area contributed by atoms with Gasteiger partial charge in [0.05, 0.1) is 5.92 Å². The summed E-state index contributed by atoms with van der Waals surface area (Å²) in [5.41, 5.74) is 2.78. The predicted octanol–water partition coefficient (Wildman–Crippen LogP) is 3.50. The van der Waals surface area contributed by atoms with Crippen molar-refractivity contribution in [3.8, 4) is 0 Å². The van der Waals surface area contributed by atoms with Crippen LogP contribution in [0, 0.1) is 31.4 Å². The minimum atomic E-state index is -1.17. The molecule has 0 aromatic heterocycles. The van der Waals surface area contributed by atoms with Crippen molar-refractivity contribution in [2.75, 3.05) is 16.8 Å². The highest BCUT2D eigenvalue weighted by Crippen LogP contribution is 2.30. The van der Waals surface area contributed by atoms with Crippen molar-refractivity contribution in [1.29, 1.82) is 0 Å². The first-order chi connectivity index (χ1) is 14.2. The molecule has 3 rings (SSSR count). The van der Waals surface area contributed by atoms with E-state index in [4.69, 9.17) is 4.74 Å². The molecule has 1 fully saturated rings. The molecule has 8 heteroatoms. The van der Waals surface area contributed by atoms with Gasteiger partial charge in [-0.25, -0.2) is 8.78 Å². The molecule has 0 aliphatic carbocycles. The highest BCUT2D eigenvalue weighted by Gasteiger charge is 2.37. The number of benzene rings is 2. The number of hydrogen-bond donors (Lipinski definition) is 1. The third-order valence-corrected chi connectivity index (χ3v) is 5.17. The molecule has 0 unspecified atom stereocenters. The van der Waals surface area contributed by atoms with Crippen molar-refractivity contribution in [2.45, 2.75) is 33.3 Å². The minimum absolute atomic E-state index is 0.0102. The van der Waals surface area contributed by atoms with Gasteiger partial charge in [0.2, 0.25) is 5.91 Å². The second-order valence-electron chi connectivity index (χ2n) is 7.32. The monoisotopic (exact) mass is 416 g/mol. The van der Waals surface area contributed by atoms with Crippen molar-refractivity contribution >= 4 is 29.2 Å². The molecule has 0 radical (unpaired) electrons. The van der Waals surface area contributed by atoms with Gasteiger partial charge in [0.1, 0.15) is 0 Å². The largest absolute Gasteiger partial charge is 0.452 e. The lowest BCUT2D eigenvalue weighted by atomic mass is 10.1. The Morgan fingerprint density at radius 2 is 1.90 bits per heavy atom. The fraction of sp³-hybridized carbons (Fsp3) is 0.318. The zero-order valence-corrected chi connectivity index (χ0v) is 16.9. The summed E-state index contributed by atoms with van der Waals surface area (Å²) in [6.07, 6.45) is -1.18. The molecule has 0 saturated carbocycles. The summed E-state index contributed by atoms with van der Waals surface area (Å²) in [5, 5.41) is 2.36. The summed E-state index contributed by atoms with van der Waals surface area (Å²) >= 11 is 0. The van der Waals surface area contributed by atoms with E-state index in [-0.39, 0.29) is 24.6 Å². The first-order valence-corrected chi connectivity index (χ1v) is 9.50. The summed E-state index contributed by atoms with van der Waals surface area (Å²) in [5.74, 6) is -4.38. The highest BCUT2D eigenvalue weighted by atomic mass is 19.2. The number of ether oxygens (including phenoxy) is 1. The van der Waals surface area contributed by atoms with Gasteiger partial charge in [-0.2, -0.15) is 0 Å². The van der Waals surface area contributed by atoms with Crippen molar-refractivity contribution in [1.82, 2.24) is 0 Å². The lowest BCUT2D eigenvalue weighted by Crippen LogP contribution is -2.33. The van der Waals surface area contributed by atoms with Crippen LogP contribution in [0.2, 0.25) is 0 Å². The number of aryl methyl sites for hydroxylation is 1. The normalized spacial score (nSPS) is 17.0. The Bertz CT molecular complexity index is 1010. The predicted molar refractivity (Wildman–Crippen MR) is 107 cm³/mol. The molecule has 6 nitrogen and oxygen atoms in total. The van der Waals surface area contributed by atoms with E-state index in [9.17, 15) is 23.2 Å². The van der Waals surface area contributed by atoms with Gasteiger partial charge in [0.15, 0.2) is 17.7 Å². The van der Waals surface area contributed by atoms with E-state index in [1.54, 1.807) is 4.90 Å². The lowest BCUT2D eigenvalue weighted by Gasteiger charge is -2.20. The number of esters is 1. The molecule has 2 aromatic carbocycles. The summed E-state index contributed by atoms with van der Waals surface area (Å²) in [7, 11) is 0. The molecular weight excluding hydrogens is 394 g/mol. The zero-order chi connectivity index (χ0) is 22.0. The van der Waals surface area contributed by atoms with Crippen LogP contribution in [-0.2, 0) is 19.1 Å². The van der Waals surface area contributed by atoms with Gasteiger partial charge in [-0.1, -0.05) is 12.1 Å². The van der Waals surface area contributed by atoms with Crippen LogP contribution >= 0.6 is 0 Å². The molecule has 2 atom stereocenters. The molecule has 1 saturated heterocycles. The number of carbonyl (C=O) groups excluding carboxylic acids is 3. The number of amides is 2. The summed E-state index contributed by atoms with van der Waals surface area (Å²) in [6.45, 7) is 5.39. The smallest absolute Gasteiger partial charge is 0.312 e. The van der Waals surface area contributed by atoms with Crippen molar-refractivity contribution < 1.29 is 27.9 Å². The summed E-state index contributed by atoms with van der Waals surface area (Å²) in [4.78, 5) is 38.7. The average molecular weight is 416 g/mol. The van der Waals surface area contributed by atoms with E-state index in [0.29, 0.717) is 0 Å². The molecule has 1 aliphatic rings. The van der Waals surface area contributed by atoms with Crippen LogP contribution in [-0.4, -0.2) is 30.4 Å². The van der Waals surface area contributed by atoms with Gasteiger partial charge in [-0.3, -0.25) is 14.4 Å². The molecule has 1 aliphatic heterocycles. The SMILES string of the molecule is Cc1cccc(N2C[C@@H](C(=O)O[C@H](C)C(=O)Nc3ccc(F)c(F)c3)CC2=O)c1C. The van der Waals surface area contributed by atoms with E-state index in [1.165, 1.54) is 13.0 Å². The molecule has 2 amide bonds. The van der Waals surface area contributed by atoms with E-state index in [1.807, 2.05) is 32.0 Å². The Labute approximate surface area is 172 Å². The van der Waals surface area contributed by atoms with Gasteiger partial charge in [0, 0.05) is 30.4 Å². The lowest BCUT2D eigenvalue weighted by molar-refractivity contribution is -0.157. The van der Waals surface area contributed by atoms with Gasteiger partial charge < -0.3 is 15.0 Å². The average Bonchev–Trinajstić information content (AvgIpc) is 3.08. The van der Waals surface area contributed by atoms with Crippen LogP contribution in [0.3, 0.4) is 0 Å². The Kier molecular flexibility index (Phi) is 6.14. The molecule has 30 heavy (non-hydrogen) atoms. The van der Waals surface area contributed by atoms with Crippen LogP contribution in [0.25, 0.3) is 0 Å². The standard InChI is InChI=1S/C22H22F2N2O4/c1-12-5-4-6-19(13(12)2)26-11-15(9-20(26)27)22(29)30-14(3)21(28)25-16-7-8-17(23)18(24)10-16/h4-8,10,14-15H,9,11H2,1-3H3,(H,25,28)/t14-,15+/m1/s1. The number of rotatable bonds is 5. The maximum atomic E-state index is 13.3. The highest BCUT2D eigenvalue weighted by molar-refractivity contribution is 6.01. The van der Waals surface area contributed by atoms with Crippen LogP contribution in [0.1, 0.15) is 24.5 Å². The third-order valence-electron chi connectivity index (χ3n) is 5.17. The minimum Gasteiger partial charge on any atom is -0.452 e. The molecule has 1 N–H and O–H groups in total. The Morgan fingerprint density at radius 1 is 1.17 bits per heavy atom. The quantitative estimate of drug-likeness (QED) is 0.757. The topological polar surface area (TPSA) is 75.7 Å². The van der Waals surface area contributed by atoms with Crippen LogP contribution in [0.15, 0.2) is 36.4 Å². The summed E-state index contributed by atoms with van der Waals surface area (Å²) < 4.78 is 31.5. The first-order valence-electron chi connectivity index (χ1n) is 9.50. The van der Waals surface area contributed by atoms with Gasteiger partial charge in [-0.05, 0) is 50.1 Å². The number of anilines is 2. The van der Waals surface area contributed by atoms with Crippen molar-refractivity contribution in [3.05, 3.63) is 59.2 Å². The Balaban J connectivity index is 1.61. The molecule has 2 aromatic rings. The number of hydrogen-bond acceptors (Lipinski definition) is 4. The zero-order valence-electron chi connectivity index (χ0n) is 16.9.